The Morgan fingerprint density at radius 1 is 1.25 bits per heavy atom. The van der Waals surface area contributed by atoms with Gasteiger partial charge in [-0.2, -0.15) is 10.2 Å². The molecule has 0 spiro atoms. The molecule has 0 aliphatic carbocycles. The molecule has 1 unspecified atom stereocenters. The summed E-state index contributed by atoms with van der Waals surface area (Å²) in [6.07, 6.45) is 4.54. The fraction of sp³-hybridized carbons (Fsp3) is 0.500. The Hall–Kier alpha value is -1.68. The number of benzene rings is 1. The Labute approximate surface area is 120 Å². The van der Waals surface area contributed by atoms with E-state index in [1.807, 2.05) is 24.4 Å². The Morgan fingerprint density at radius 2 is 2.05 bits per heavy atom. The molecule has 2 aromatic rings. The molecule has 1 saturated heterocycles. The zero-order valence-corrected chi connectivity index (χ0v) is 12.0. The summed E-state index contributed by atoms with van der Waals surface area (Å²) in [6.45, 7) is 7.01. The van der Waals surface area contributed by atoms with Gasteiger partial charge in [0.1, 0.15) is 0 Å². The number of likely N-dealkylation sites (tertiary alicyclic amines) is 1. The van der Waals surface area contributed by atoms with Crippen molar-refractivity contribution in [2.45, 2.75) is 19.8 Å². The van der Waals surface area contributed by atoms with Crippen LogP contribution in [0.4, 0.5) is 5.69 Å². The van der Waals surface area contributed by atoms with Crippen LogP contribution < -0.4 is 5.32 Å². The molecular weight excluding hydrogens is 248 g/mol. The minimum absolute atomic E-state index is 0.639. The molecule has 20 heavy (non-hydrogen) atoms. The maximum atomic E-state index is 4.15. The quantitative estimate of drug-likeness (QED) is 0.907. The second-order valence-electron chi connectivity index (χ2n) is 5.77. The summed E-state index contributed by atoms with van der Waals surface area (Å²) < 4.78 is 0. The molecule has 0 saturated carbocycles. The summed E-state index contributed by atoms with van der Waals surface area (Å²) in [5.74, 6) is 0.639. The fourth-order valence-corrected chi connectivity index (χ4v) is 2.90. The molecular formula is C16H22N4. The van der Waals surface area contributed by atoms with Gasteiger partial charge in [-0.25, -0.2) is 0 Å². The van der Waals surface area contributed by atoms with E-state index in [-0.39, 0.29) is 0 Å². The van der Waals surface area contributed by atoms with Crippen LogP contribution in [0.25, 0.3) is 10.9 Å². The number of nitrogens with zero attached hydrogens (tertiary/aromatic N) is 3. The normalized spacial score (nSPS) is 17.4. The minimum atomic E-state index is 0.639. The van der Waals surface area contributed by atoms with Crippen molar-refractivity contribution < 1.29 is 0 Å². The molecule has 1 aliphatic heterocycles. The lowest BCUT2D eigenvalue weighted by Crippen LogP contribution is -2.28. The van der Waals surface area contributed by atoms with Crippen molar-refractivity contribution in [2.24, 2.45) is 5.92 Å². The Balaban J connectivity index is 1.61. The lowest BCUT2D eigenvalue weighted by atomic mass is 10.1. The van der Waals surface area contributed by atoms with Crippen molar-refractivity contribution in [3.8, 4) is 0 Å². The number of aromatic nitrogens is 2. The van der Waals surface area contributed by atoms with Crippen LogP contribution in [0, 0.1) is 5.92 Å². The van der Waals surface area contributed by atoms with Crippen molar-refractivity contribution in [3.05, 3.63) is 30.5 Å². The average Bonchev–Trinajstić information content (AvgIpc) is 2.98. The molecule has 106 valence electrons. The maximum Gasteiger partial charge on any atom is 0.0950 e. The van der Waals surface area contributed by atoms with Gasteiger partial charge in [-0.15, -0.1) is 0 Å². The molecule has 1 N–H and O–H groups in total. The number of hydrogen-bond acceptors (Lipinski definition) is 4. The monoisotopic (exact) mass is 270 g/mol. The number of rotatable bonds is 5. The van der Waals surface area contributed by atoms with Crippen LogP contribution >= 0.6 is 0 Å². The lowest BCUT2D eigenvalue weighted by molar-refractivity contribution is 0.294. The molecule has 1 aliphatic rings. The van der Waals surface area contributed by atoms with Crippen LogP contribution in [0.3, 0.4) is 0 Å². The molecule has 4 heteroatoms. The van der Waals surface area contributed by atoms with E-state index >= 15 is 0 Å². The van der Waals surface area contributed by atoms with E-state index in [2.05, 4.69) is 33.4 Å². The fourth-order valence-electron chi connectivity index (χ4n) is 2.90. The van der Waals surface area contributed by atoms with E-state index in [0.29, 0.717) is 5.92 Å². The van der Waals surface area contributed by atoms with Gasteiger partial charge in [0.25, 0.3) is 0 Å². The standard InChI is InChI=1S/C16H22N4/c1-13(12-20-8-4-5-9-20)10-17-16-11-18-19-15-7-3-2-6-14(15)16/h2-3,6-7,11,13H,4-5,8-10,12H2,1H3,(H,17,19). The van der Waals surface area contributed by atoms with Gasteiger partial charge in [0.05, 0.1) is 17.4 Å². The first kappa shape index (κ1) is 13.3. The first-order valence-corrected chi connectivity index (χ1v) is 7.49. The van der Waals surface area contributed by atoms with Crippen LogP contribution in [0.15, 0.2) is 30.5 Å². The van der Waals surface area contributed by atoms with Gasteiger partial charge >= 0.3 is 0 Å². The third kappa shape index (κ3) is 3.07. The van der Waals surface area contributed by atoms with Gasteiger partial charge in [-0.05, 0) is 37.9 Å². The van der Waals surface area contributed by atoms with Crippen molar-refractivity contribution in [3.63, 3.8) is 0 Å². The number of fused-ring (bicyclic) bond motifs is 1. The average molecular weight is 270 g/mol. The van der Waals surface area contributed by atoms with E-state index in [1.165, 1.54) is 32.5 Å². The molecule has 0 amide bonds. The van der Waals surface area contributed by atoms with E-state index in [4.69, 9.17) is 0 Å². The summed E-state index contributed by atoms with van der Waals surface area (Å²) in [4.78, 5) is 2.56. The van der Waals surface area contributed by atoms with Crippen LogP contribution in [0.2, 0.25) is 0 Å². The van der Waals surface area contributed by atoms with Crippen LogP contribution in [-0.2, 0) is 0 Å². The van der Waals surface area contributed by atoms with E-state index in [1.54, 1.807) is 0 Å². The van der Waals surface area contributed by atoms with Crippen LogP contribution in [-0.4, -0.2) is 41.3 Å². The van der Waals surface area contributed by atoms with Crippen molar-refractivity contribution in [1.82, 2.24) is 15.1 Å². The second kappa shape index (κ2) is 6.18. The minimum Gasteiger partial charge on any atom is -0.383 e. The third-order valence-corrected chi connectivity index (χ3v) is 3.96. The predicted octanol–water partition coefficient (Wildman–Crippen LogP) is 2.77. The summed E-state index contributed by atoms with van der Waals surface area (Å²) >= 11 is 0. The SMILES string of the molecule is CC(CNc1cnnc2ccccc12)CN1CCCC1. The zero-order valence-electron chi connectivity index (χ0n) is 12.0. The summed E-state index contributed by atoms with van der Waals surface area (Å²) in [6, 6.07) is 8.14. The predicted molar refractivity (Wildman–Crippen MR) is 82.9 cm³/mol. The molecule has 1 atom stereocenters. The van der Waals surface area contributed by atoms with Gasteiger partial charge in [-0.1, -0.05) is 25.1 Å². The topological polar surface area (TPSA) is 41.1 Å². The van der Waals surface area contributed by atoms with Gasteiger partial charge in [0, 0.05) is 18.5 Å². The largest absolute Gasteiger partial charge is 0.383 e. The Kier molecular flexibility index (Phi) is 4.11. The Bertz CT molecular complexity index is 558. The highest BCUT2D eigenvalue weighted by Gasteiger charge is 2.14. The van der Waals surface area contributed by atoms with E-state index < -0.39 is 0 Å². The maximum absolute atomic E-state index is 4.15. The highest BCUT2D eigenvalue weighted by Crippen LogP contribution is 2.20. The van der Waals surface area contributed by atoms with Crippen molar-refractivity contribution in [1.29, 1.82) is 0 Å². The summed E-state index contributed by atoms with van der Waals surface area (Å²) in [5.41, 5.74) is 2.04. The molecule has 1 aromatic heterocycles. The van der Waals surface area contributed by atoms with E-state index in [9.17, 15) is 0 Å². The highest BCUT2D eigenvalue weighted by atomic mass is 15.1. The molecule has 1 fully saturated rings. The number of anilines is 1. The van der Waals surface area contributed by atoms with Gasteiger partial charge in [-0.3, -0.25) is 0 Å². The molecule has 3 rings (SSSR count). The molecule has 0 bridgehead atoms. The van der Waals surface area contributed by atoms with E-state index in [0.717, 1.165) is 23.1 Å². The highest BCUT2D eigenvalue weighted by molar-refractivity contribution is 5.90. The molecule has 4 nitrogen and oxygen atoms in total. The first-order chi connectivity index (χ1) is 9.83. The van der Waals surface area contributed by atoms with Crippen LogP contribution in [0.5, 0.6) is 0 Å². The smallest absolute Gasteiger partial charge is 0.0950 e. The van der Waals surface area contributed by atoms with Crippen molar-refractivity contribution in [2.75, 3.05) is 31.5 Å². The number of nitrogens with one attached hydrogen (secondary N) is 1. The lowest BCUT2D eigenvalue weighted by Gasteiger charge is -2.21. The molecule has 1 aromatic carbocycles. The summed E-state index contributed by atoms with van der Waals surface area (Å²) in [5, 5.41) is 12.9. The molecule has 2 heterocycles. The summed E-state index contributed by atoms with van der Waals surface area (Å²) in [7, 11) is 0. The first-order valence-electron chi connectivity index (χ1n) is 7.49. The van der Waals surface area contributed by atoms with Gasteiger partial charge in [0.2, 0.25) is 0 Å². The second-order valence-corrected chi connectivity index (χ2v) is 5.77. The third-order valence-electron chi connectivity index (χ3n) is 3.96. The van der Waals surface area contributed by atoms with Gasteiger partial charge < -0.3 is 10.2 Å². The molecule has 0 radical (unpaired) electrons. The Morgan fingerprint density at radius 3 is 2.90 bits per heavy atom. The van der Waals surface area contributed by atoms with Crippen LogP contribution in [0.1, 0.15) is 19.8 Å². The zero-order chi connectivity index (χ0) is 13.8. The van der Waals surface area contributed by atoms with Gasteiger partial charge in [0.15, 0.2) is 0 Å². The van der Waals surface area contributed by atoms with Crippen molar-refractivity contribution >= 4 is 16.6 Å². The number of hydrogen-bond donors (Lipinski definition) is 1.